The molecule has 1 amide bonds. The smallest absolute Gasteiger partial charge is 0.224 e. The number of rotatable bonds is 5. The summed E-state index contributed by atoms with van der Waals surface area (Å²) in [5.74, 6) is -0.300. The molecule has 1 N–H and O–H groups in total. The minimum Gasteiger partial charge on any atom is -0.326 e. The van der Waals surface area contributed by atoms with Gasteiger partial charge in [-0.1, -0.05) is 24.3 Å². The average molecular weight is 431 g/mol. The summed E-state index contributed by atoms with van der Waals surface area (Å²) in [4.78, 5) is 17.4. The summed E-state index contributed by atoms with van der Waals surface area (Å²) in [6.45, 7) is 9.93. The number of hydrogen-bond donors (Lipinski definition) is 1. The molecule has 4 rings (SSSR count). The molecule has 164 valence electrons. The Labute approximate surface area is 187 Å². The number of aromatic nitrogens is 3. The molecule has 4 aromatic rings. The number of amides is 1. The van der Waals surface area contributed by atoms with Crippen molar-refractivity contribution in [2.24, 2.45) is 0 Å². The first-order chi connectivity index (χ1) is 15.3. The van der Waals surface area contributed by atoms with Gasteiger partial charge < -0.3 is 5.32 Å². The molecule has 0 unspecified atom stereocenters. The predicted octanol–water partition coefficient (Wildman–Crippen LogP) is 5.65. The predicted molar refractivity (Wildman–Crippen MR) is 125 cm³/mol. The molecular formula is C26H27FN4O. The summed E-state index contributed by atoms with van der Waals surface area (Å²) >= 11 is 0. The van der Waals surface area contributed by atoms with Crippen molar-refractivity contribution < 1.29 is 9.18 Å². The van der Waals surface area contributed by atoms with Crippen molar-refractivity contribution in [1.82, 2.24) is 14.6 Å². The second kappa shape index (κ2) is 8.54. The van der Waals surface area contributed by atoms with E-state index < -0.39 is 0 Å². The van der Waals surface area contributed by atoms with Gasteiger partial charge in [0, 0.05) is 29.1 Å². The maximum Gasteiger partial charge on any atom is 0.224 e. The largest absolute Gasteiger partial charge is 0.326 e. The van der Waals surface area contributed by atoms with Gasteiger partial charge in [-0.15, -0.1) is 0 Å². The zero-order valence-corrected chi connectivity index (χ0v) is 19.1. The fourth-order valence-corrected chi connectivity index (χ4v) is 4.12. The van der Waals surface area contributed by atoms with E-state index in [-0.39, 0.29) is 11.7 Å². The van der Waals surface area contributed by atoms with Crippen LogP contribution in [0.1, 0.15) is 40.2 Å². The Morgan fingerprint density at radius 3 is 2.44 bits per heavy atom. The molecule has 2 heterocycles. The Balaban J connectivity index is 1.61. The molecule has 0 aliphatic rings. The summed E-state index contributed by atoms with van der Waals surface area (Å²) in [5, 5.41) is 7.71. The van der Waals surface area contributed by atoms with Crippen molar-refractivity contribution in [2.45, 2.75) is 47.5 Å². The summed E-state index contributed by atoms with van der Waals surface area (Å²) in [6.07, 6.45) is 0.926. The first-order valence-corrected chi connectivity index (χ1v) is 10.7. The van der Waals surface area contributed by atoms with E-state index in [9.17, 15) is 9.18 Å². The second-order valence-corrected chi connectivity index (χ2v) is 8.26. The highest BCUT2D eigenvalue weighted by atomic mass is 19.1. The molecule has 0 bridgehead atoms. The monoisotopic (exact) mass is 430 g/mol. The highest BCUT2D eigenvalue weighted by Gasteiger charge is 2.18. The normalized spacial score (nSPS) is 11.2. The Kier molecular flexibility index (Phi) is 5.78. The molecule has 6 heteroatoms. The van der Waals surface area contributed by atoms with Crippen molar-refractivity contribution in [3.8, 4) is 11.1 Å². The third-order valence-electron chi connectivity index (χ3n) is 6.11. The van der Waals surface area contributed by atoms with E-state index in [1.165, 1.54) is 12.1 Å². The summed E-state index contributed by atoms with van der Waals surface area (Å²) in [7, 11) is 0. The lowest BCUT2D eigenvalue weighted by Gasteiger charge is -2.13. The first kappa shape index (κ1) is 21.7. The van der Waals surface area contributed by atoms with Gasteiger partial charge in [-0.25, -0.2) is 13.9 Å². The Hall–Kier alpha value is -3.54. The van der Waals surface area contributed by atoms with E-state index in [0.717, 1.165) is 56.2 Å². The molecule has 0 fully saturated rings. The molecule has 0 spiro atoms. The zero-order chi connectivity index (χ0) is 23.0. The molecule has 32 heavy (non-hydrogen) atoms. The van der Waals surface area contributed by atoms with Crippen LogP contribution in [0.25, 0.3) is 16.8 Å². The van der Waals surface area contributed by atoms with Crippen LogP contribution in [-0.4, -0.2) is 20.5 Å². The standard InChI is InChI=1S/C26H27FN4O/c1-15-7-6-8-23(16(15)2)29-24(32)14-13-22-17(3)28-26-25(18(4)30-31(26)19(22)5)20-9-11-21(27)12-10-20/h6-12H,13-14H2,1-5H3,(H,29,32). The lowest BCUT2D eigenvalue weighted by atomic mass is 10.0. The van der Waals surface area contributed by atoms with E-state index in [4.69, 9.17) is 4.98 Å². The number of hydrogen-bond acceptors (Lipinski definition) is 3. The van der Waals surface area contributed by atoms with E-state index in [0.29, 0.717) is 12.8 Å². The van der Waals surface area contributed by atoms with Crippen LogP contribution in [0.4, 0.5) is 10.1 Å². The summed E-state index contributed by atoms with van der Waals surface area (Å²) in [5.41, 5.74) is 9.28. The molecule has 0 aliphatic heterocycles. The highest BCUT2D eigenvalue weighted by molar-refractivity contribution is 5.91. The Morgan fingerprint density at radius 2 is 1.72 bits per heavy atom. The van der Waals surface area contributed by atoms with E-state index in [1.807, 2.05) is 57.3 Å². The van der Waals surface area contributed by atoms with Crippen LogP contribution in [0.5, 0.6) is 0 Å². The van der Waals surface area contributed by atoms with Gasteiger partial charge in [-0.05, 0) is 81.5 Å². The molecule has 0 radical (unpaired) electrons. The summed E-state index contributed by atoms with van der Waals surface area (Å²) in [6, 6.07) is 12.3. The maximum atomic E-state index is 13.4. The van der Waals surface area contributed by atoms with Crippen molar-refractivity contribution in [3.05, 3.63) is 82.1 Å². The van der Waals surface area contributed by atoms with Crippen molar-refractivity contribution in [2.75, 3.05) is 5.32 Å². The molecule has 0 atom stereocenters. The van der Waals surface area contributed by atoms with Gasteiger partial charge in [0.2, 0.25) is 5.91 Å². The number of nitrogens with zero attached hydrogens (tertiary/aromatic N) is 3. The SMILES string of the molecule is Cc1cccc(NC(=O)CCc2c(C)nc3c(-c4ccc(F)cc4)c(C)nn3c2C)c1C. The van der Waals surface area contributed by atoms with Crippen LogP contribution in [0.3, 0.4) is 0 Å². The maximum absolute atomic E-state index is 13.4. The van der Waals surface area contributed by atoms with Gasteiger partial charge >= 0.3 is 0 Å². The van der Waals surface area contributed by atoms with Crippen LogP contribution in [-0.2, 0) is 11.2 Å². The van der Waals surface area contributed by atoms with E-state index >= 15 is 0 Å². The zero-order valence-electron chi connectivity index (χ0n) is 19.1. The number of fused-ring (bicyclic) bond motifs is 1. The topological polar surface area (TPSA) is 59.3 Å². The minimum absolute atomic E-state index is 0.0266. The van der Waals surface area contributed by atoms with Crippen LogP contribution in [0.2, 0.25) is 0 Å². The molecule has 0 saturated heterocycles. The van der Waals surface area contributed by atoms with Crippen molar-refractivity contribution in [1.29, 1.82) is 0 Å². The quantitative estimate of drug-likeness (QED) is 0.445. The first-order valence-electron chi connectivity index (χ1n) is 10.7. The molecule has 5 nitrogen and oxygen atoms in total. The molecule has 0 saturated carbocycles. The summed E-state index contributed by atoms with van der Waals surface area (Å²) < 4.78 is 15.2. The van der Waals surface area contributed by atoms with Gasteiger partial charge in [0.05, 0.1) is 5.69 Å². The van der Waals surface area contributed by atoms with Crippen LogP contribution < -0.4 is 5.32 Å². The lowest BCUT2D eigenvalue weighted by molar-refractivity contribution is -0.116. The third-order valence-corrected chi connectivity index (χ3v) is 6.11. The molecule has 2 aromatic carbocycles. The average Bonchev–Trinajstić information content (AvgIpc) is 3.08. The van der Waals surface area contributed by atoms with Gasteiger partial charge in [0.15, 0.2) is 5.65 Å². The lowest BCUT2D eigenvalue weighted by Crippen LogP contribution is -2.15. The fourth-order valence-electron chi connectivity index (χ4n) is 4.12. The van der Waals surface area contributed by atoms with Crippen LogP contribution >= 0.6 is 0 Å². The Bertz CT molecular complexity index is 1320. The number of benzene rings is 2. The number of carbonyl (C=O) groups excluding carboxylic acids is 1. The van der Waals surface area contributed by atoms with Gasteiger partial charge in [0.25, 0.3) is 0 Å². The minimum atomic E-state index is -0.274. The number of anilines is 1. The van der Waals surface area contributed by atoms with Gasteiger partial charge in [0.1, 0.15) is 5.82 Å². The van der Waals surface area contributed by atoms with Crippen molar-refractivity contribution in [3.63, 3.8) is 0 Å². The van der Waals surface area contributed by atoms with E-state index in [2.05, 4.69) is 10.4 Å². The molecule has 2 aromatic heterocycles. The number of aryl methyl sites for hydroxylation is 4. The highest BCUT2D eigenvalue weighted by Crippen LogP contribution is 2.29. The van der Waals surface area contributed by atoms with Crippen LogP contribution in [0, 0.1) is 40.4 Å². The molecular weight excluding hydrogens is 403 g/mol. The number of nitrogens with one attached hydrogen (secondary N) is 1. The number of halogens is 1. The van der Waals surface area contributed by atoms with Gasteiger partial charge in [-0.3, -0.25) is 4.79 Å². The van der Waals surface area contributed by atoms with Gasteiger partial charge in [-0.2, -0.15) is 5.10 Å². The Morgan fingerprint density at radius 1 is 1.00 bits per heavy atom. The molecule has 0 aliphatic carbocycles. The fraction of sp³-hybridized carbons (Fsp3) is 0.269. The van der Waals surface area contributed by atoms with Crippen molar-refractivity contribution >= 4 is 17.2 Å². The van der Waals surface area contributed by atoms with E-state index in [1.54, 1.807) is 12.1 Å². The second-order valence-electron chi connectivity index (χ2n) is 8.26. The third kappa shape index (κ3) is 4.00. The van der Waals surface area contributed by atoms with Crippen LogP contribution in [0.15, 0.2) is 42.5 Å². The number of carbonyl (C=O) groups is 1.